The summed E-state index contributed by atoms with van der Waals surface area (Å²) in [5, 5.41) is 10.1. The second-order valence-corrected chi connectivity index (χ2v) is 10.8. The number of halogens is 3. The number of H-pyrrole nitrogens is 1. The van der Waals surface area contributed by atoms with Gasteiger partial charge >= 0.3 is 0 Å². The van der Waals surface area contributed by atoms with Gasteiger partial charge in [-0.2, -0.15) is 5.10 Å². The third kappa shape index (κ3) is 6.21. The maximum Gasteiger partial charge on any atom is 0.274 e. The van der Waals surface area contributed by atoms with Crippen LogP contribution in [-0.4, -0.2) is 76.3 Å². The highest BCUT2D eigenvalue weighted by Crippen LogP contribution is 2.50. The standard InChI is InChI=1S/C27H34F3N5O4/c1-38-24-12-19(20(28)15-31-24)21-13-22(34-33-21)26(37)35-10-6-16(14-27(35)8-9-27)25(36)32-17-2-4-18(5-3-17)39-11-7-23(29)30/h12-13,15-18,23H,2-11,14H2,1H3,(H,32,36)(H,33,34)/t16-,17?,18?/m1/s1. The van der Waals surface area contributed by atoms with E-state index in [-0.39, 0.29) is 65.6 Å². The summed E-state index contributed by atoms with van der Waals surface area (Å²) in [4.78, 5) is 32.2. The first-order chi connectivity index (χ1) is 18.8. The van der Waals surface area contributed by atoms with E-state index < -0.39 is 12.2 Å². The summed E-state index contributed by atoms with van der Waals surface area (Å²) in [6.45, 7) is 0.509. The van der Waals surface area contributed by atoms with Crippen LogP contribution in [0.5, 0.6) is 5.88 Å². The van der Waals surface area contributed by atoms with Gasteiger partial charge < -0.3 is 19.7 Å². The Morgan fingerprint density at radius 2 is 1.97 bits per heavy atom. The van der Waals surface area contributed by atoms with Gasteiger partial charge in [0.05, 0.1) is 31.7 Å². The second kappa shape index (κ2) is 11.5. The third-order valence-corrected chi connectivity index (χ3v) is 8.18. The summed E-state index contributed by atoms with van der Waals surface area (Å²) in [5.41, 5.74) is 0.406. The lowest BCUT2D eigenvalue weighted by Gasteiger charge is -2.40. The van der Waals surface area contributed by atoms with E-state index in [1.54, 1.807) is 0 Å². The average molecular weight is 550 g/mol. The van der Waals surface area contributed by atoms with Gasteiger partial charge in [0.25, 0.3) is 5.91 Å². The number of piperidine rings is 1. The Morgan fingerprint density at radius 1 is 1.21 bits per heavy atom. The predicted molar refractivity (Wildman–Crippen MR) is 135 cm³/mol. The molecule has 9 nitrogen and oxygen atoms in total. The number of methoxy groups -OCH3 is 1. The fraction of sp³-hybridized carbons (Fsp3) is 0.630. The summed E-state index contributed by atoms with van der Waals surface area (Å²) in [6, 6.07) is 3.02. The molecule has 0 radical (unpaired) electrons. The van der Waals surface area contributed by atoms with Crippen molar-refractivity contribution < 1.29 is 32.2 Å². The van der Waals surface area contributed by atoms with Crippen LogP contribution in [0.2, 0.25) is 0 Å². The van der Waals surface area contributed by atoms with E-state index in [9.17, 15) is 22.8 Å². The molecule has 3 fully saturated rings. The van der Waals surface area contributed by atoms with Gasteiger partial charge in [-0.1, -0.05) is 0 Å². The van der Waals surface area contributed by atoms with Crippen LogP contribution in [0.15, 0.2) is 18.3 Å². The first kappa shape index (κ1) is 27.4. The quantitative estimate of drug-likeness (QED) is 0.488. The van der Waals surface area contributed by atoms with Gasteiger partial charge in [0, 0.05) is 42.1 Å². The molecule has 2 amide bonds. The van der Waals surface area contributed by atoms with E-state index in [4.69, 9.17) is 9.47 Å². The molecule has 1 atom stereocenters. The number of hydrogen-bond acceptors (Lipinski definition) is 6. The molecule has 0 bridgehead atoms. The molecule has 1 saturated heterocycles. The lowest BCUT2D eigenvalue weighted by Crippen LogP contribution is -2.52. The average Bonchev–Trinajstić information content (AvgIpc) is 3.50. The first-order valence-corrected chi connectivity index (χ1v) is 13.6. The molecule has 0 unspecified atom stereocenters. The highest BCUT2D eigenvalue weighted by Gasteiger charge is 2.54. The predicted octanol–water partition coefficient (Wildman–Crippen LogP) is 4.10. The van der Waals surface area contributed by atoms with Crippen LogP contribution in [-0.2, 0) is 9.53 Å². The maximum atomic E-state index is 14.3. The summed E-state index contributed by atoms with van der Waals surface area (Å²) in [6.07, 6.45) is 4.26. The Balaban J connectivity index is 1.14. The van der Waals surface area contributed by atoms with E-state index in [1.165, 1.54) is 19.2 Å². The number of aromatic nitrogens is 3. The van der Waals surface area contributed by atoms with Gasteiger partial charge in [0.15, 0.2) is 11.5 Å². The lowest BCUT2D eigenvalue weighted by atomic mass is 9.86. The number of nitrogens with zero attached hydrogens (tertiary/aromatic N) is 3. The number of rotatable bonds is 9. The first-order valence-electron chi connectivity index (χ1n) is 13.6. The molecule has 5 rings (SSSR count). The molecule has 1 spiro atoms. The Hall–Kier alpha value is -3.15. The number of aromatic amines is 1. The van der Waals surface area contributed by atoms with Crippen LogP contribution < -0.4 is 10.1 Å². The molecule has 2 aromatic rings. The van der Waals surface area contributed by atoms with Crippen molar-refractivity contribution in [3.05, 3.63) is 29.8 Å². The zero-order valence-corrected chi connectivity index (χ0v) is 21.9. The Morgan fingerprint density at radius 3 is 2.67 bits per heavy atom. The van der Waals surface area contributed by atoms with Crippen LogP contribution in [0.3, 0.4) is 0 Å². The molecule has 2 N–H and O–H groups in total. The Kier molecular flexibility index (Phi) is 8.11. The van der Waals surface area contributed by atoms with Crippen molar-refractivity contribution in [2.45, 2.75) is 81.9 Å². The molecule has 39 heavy (non-hydrogen) atoms. The largest absolute Gasteiger partial charge is 0.481 e. The van der Waals surface area contributed by atoms with Crippen molar-refractivity contribution >= 4 is 11.8 Å². The van der Waals surface area contributed by atoms with Gasteiger partial charge in [0.1, 0.15) is 0 Å². The number of likely N-dealkylation sites (tertiary alicyclic amines) is 1. The molecule has 1 aliphatic heterocycles. The summed E-state index contributed by atoms with van der Waals surface area (Å²) in [5.74, 6) is -0.709. The summed E-state index contributed by atoms with van der Waals surface area (Å²) >= 11 is 0. The van der Waals surface area contributed by atoms with Crippen LogP contribution in [0.25, 0.3) is 11.3 Å². The van der Waals surface area contributed by atoms with Crippen LogP contribution in [0.4, 0.5) is 13.2 Å². The number of hydrogen-bond donors (Lipinski definition) is 2. The monoisotopic (exact) mass is 549 g/mol. The van der Waals surface area contributed by atoms with Crippen molar-refractivity contribution in [3.63, 3.8) is 0 Å². The number of ether oxygens (including phenoxy) is 2. The number of amides is 2. The van der Waals surface area contributed by atoms with Crippen molar-refractivity contribution in [3.8, 4) is 17.1 Å². The highest BCUT2D eigenvalue weighted by atomic mass is 19.3. The van der Waals surface area contributed by atoms with Crippen molar-refractivity contribution in [2.75, 3.05) is 20.3 Å². The molecule has 12 heteroatoms. The third-order valence-electron chi connectivity index (χ3n) is 8.18. The van der Waals surface area contributed by atoms with E-state index in [0.717, 1.165) is 44.7 Å². The highest BCUT2D eigenvalue weighted by molar-refractivity contribution is 5.94. The molecular weight excluding hydrogens is 515 g/mol. The lowest BCUT2D eigenvalue weighted by molar-refractivity contribution is -0.128. The number of nitrogens with one attached hydrogen (secondary N) is 2. The Bertz CT molecular complexity index is 1180. The minimum atomic E-state index is -2.35. The molecule has 2 aromatic heterocycles. The molecule has 212 valence electrons. The number of alkyl halides is 2. The molecule has 2 saturated carbocycles. The van der Waals surface area contributed by atoms with E-state index in [1.807, 2.05) is 4.90 Å². The van der Waals surface area contributed by atoms with Crippen molar-refractivity contribution in [1.82, 2.24) is 25.4 Å². The minimum absolute atomic E-state index is 0.0135. The maximum absolute atomic E-state index is 14.3. The molecule has 0 aromatic carbocycles. The van der Waals surface area contributed by atoms with E-state index >= 15 is 0 Å². The number of carbonyl (C=O) groups is 2. The second-order valence-electron chi connectivity index (χ2n) is 10.8. The number of carbonyl (C=O) groups excluding carboxylic acids is 2. The zero-order chi connectivity index (χ0) is 27.6. The number of pyridine rings is 1. The van der Waals surface area contributed by atoms with E-state index in [0.29, 0.717) is 25.1 Å². The SMILES string of the molecule is COc1cc(-c2cc(C(=O)N3CC[C@@H](C(=O)NC4CCC(OCCC(F)F)CC4)CC34CC4)n[nH]2)c(F)cn1. The fourth-order valence-corrected chi connectivity index (χ4v) is 5.81. The van der Waals surface area contributed by atoms with Crippen molar-refractivity contribution in [1.29, 1.82) is 0 Å². The van der Waals surface area contributed by atoms with Crippen LogP contribution >= 0.6 is 0 Å². The van der Waals surface area contributed by atoms with Gasteiger partial charge in [0.2, 0.25) is 18.2 Å². The van der Waals surface area contributed by atoms with Crippen molar-refractivity contribution in [2.24, 2.45) is 5.92 Å². The van der Waals surface area contributed by atoms with Gasteiger partial charge in [-0.3, -0.25) is 14.7 Å². The van der Waals surface area contributed by atoms with Gasteiger partial charge in [-0.25, -0.2) is 18.2 Å². The summed E-state index contributed by atoms with van der Waals surface area (Å²) < 4.78 is 49.6. The van der Waals surface area contributed by atoms with Gasteiger partial charge in [-0.15, -0.1) is 0 Å². The van der Waals surface area contributed by atoms with Crippen LogP contribution in [0.1, 0.15) is 68.3 Å². The zero-order valence-electron chi connectivity index (χ0n) is 21.9. The van der Waals surface area contributed by atoms with Crippen LogP contribution in [0, 0.1) is 11.7 Å². The summed E-state index contributed by atoms with van der Waals surface area (Å²) in [7, 11) is 1.44. The molecule has 2 aliphatic carbocycles. The smallest absolute Gasteiger partial charge is 0.274 e. The van der Waals surface area contributed by atoms with E-state index in [2.05, 4.69) is 20.5 Å². The molecular formula is C27H34F3N5O4. The van der Waals surface area contributed by atoms with Gasteiger partial charge in [-0.05, 0) is 57.4 Å². The Labute approximate surface area is 224 Å². The molecule has 3 aliphatic rings. The molecule has 3 heterocycles. The topological polar surface area (TPSA) is 109 Å². The fourth-order valence-electron chi connectivity index (χ4n) is 5.81. The normalized spacial score (nSPS) is 24.1. The minimum Gasteiger partial charge on any atom is -0.481 e.